The minimum Gasteiger partial charge on any atom is -0.492 e. The maximum atomic E-state index is 11.2. The van der Waals surface area contributed by atoms with Crippen molar-refractivity contribution in [2.45, 2.75) is 105 Å². The van der Waals surface area contributed by atoms with E-state index in [9.17, 15) is 4.79 Å². The van der Waals surface area contributed by atoms with Crippen LogP contribution in [0.4, 0.5) is 5.69 Å². The Balaban J connectivity index is 0.000000439. The number of aryl methyl sites for hydroxylation is 2. The van der Waals surface area contributed by atoms with Crippen molar-refractivity contribution in [1.29, 1.82) is 0 Å². The number of ether oxygens (including phenoxy) is 1. The topological polar surface area (TPSA) is 80.0 Å². The predicted octanol–water partition coefficient (Wildman–Crippen LogP) is 9.95. The summed E-state index contributed by atoms with van der Waals surface area (Å²) in [6.45, 7) is 15.7. The van der Waals surface area contributed by atoms with Gasteiger partial charge in [-0.15, -0.1) is 0 Å². The molecule has 3 N–H and O–H groups in total. The van der Waals surface area contributed by atoms with Crippen LogP contribution in [0.3, 0.4) is 0 Å². The van der Waals surface area contributed by atoms with Crippen molar-refractivity contribution in [3.63, 3.8) is 0 Å². The van der Waals surface area contributed by atoms with E-state index in [1.807, 2.05) is 70.2 Å². The molecule has 0 bridgehead atoms. The zero-order valence-corrected chi connectivity index (χ0v) is 32.2. The molecule has 0 aromatic heterocycles. The third-order valence-corrected chi connectivity index (χ3v) is 10.8. The summed E-state index contributed by atoms with van der Waals surface area (Å²) in [5.41, 5.74) is 10.7. The quantitative estimate of drug-likeness (QED) is 0.0629. The minimum absolute atomic E-state index is 0.137. The average Bonchev–Trinajstić information content (AvgIpc) is 3.51. The zero-order valence-electron chi connectivity index (χ0n) is 29.0. The minimum atomic E-state index is 0.137. The number of Topliss-reactive ketones (excluding diaryl/α,β-unsaturated/α-hetero) is 1. The highest BCUT2D eigenvalue weighted by Crippen LogP contribution is 2.40. The van der Waals surface area contributed by atoms with Gasteiger partial charge in [-0.3, -0.25) is 9.69 Å². The Bertz CT molecular complexity index is 1220. The van der Waals surface area contributed by atoms with E-state index in [4.69, 9.17) is 22.7 Å². The number of amidine groups is 1. The zero-order chi connectivity index (χ0) is 34.0. The Morgan fingerprint density at radius 1 is 1.04 bits per heavy atom. The van der Waals surface area contributed by atoms with Crippen LogP contribution in [-0.2, 0) is 0 Å². The third-order valence-electron chi connectivity index (χ3n) is 8.96. The highest BCUT2D eigenvalue weighted by atomic mass is 79.9. The predicted molar refractivity (Wildman–Crippen MR) is 208 cm³/mol. The van der Waals surface area contributed by atoms with Gasteiger partial charge >= 0.3 is 0 Å². The molecule has 1 saturated heterocycles. The molecule has 9 heteroatoms. The van der Waals surface area contributed by atoms with Crippen LogP contribution in [0.2, 0.25) is 0 Å². The largest absolute Gasteiger partial charge is 0.492 e. The van der Waals surface area contributed by atoms with E-state index in [-0.39, 0.29) is 5.78 Å². The number of thiocarbonyl (C=S) groups is 1. The van der Waals surface area contributed by atoms with Gasteiger partial charge in [0.2, 0.25) is 0 Å². The lowest BCUT2D eigenvalue weighted by Gasteiger charge is -2.31. The number of carbonyl (C=O) groups is 1. The molecule has 0 amide bonds. The first-order valence-corrected chi connectivity index (χ1v) is 19.6. The fraction of sp³-hybridized carbons (Fsp3) is 0.595. The molecule has 2 aromatic carbocycles. The summed E-state index contributed by atoms with van der Waals surface area (Å²) in [6, 6.07) is 14.1. The Kier molecular flexibility index (Phi) is 19.1. The second-order valence-corrected chi connectivity index (χ2v) is 14.2. The van der Waals surface area contributed by atoms with Crippen LogP contribution in [0.15, 0.2) is 47.5 Å². The van der Waals surface area contributed by atoms with Crippen molar-refractivity contribution in [2.75, 3.05) is 36.1 Å². The summed E-state index contributed by atoms with van der Waals surface area (Å²) in [6.07, 6.45) is 11.8. The highest BCUT2D eigenvalue weighted by molar-refractivity contribution is 9.09. The number of halogens is 1. The number of carbonyl (C=O) groups excluding carboxylic acids is 1. The molecule has 2 fully saturated rings. The smallest absolute Gasteiger partial charge is 0.199 e. The summed E-state index contributed by atoms with van der Waals surface area (Å²) in [4.78, 5) is 18.1. The van der Waals surface area contributed by atoms with Crippen molar-refractivity contribution in [3.8, 4) is 5.75 Å². The number of hydrogen-bond acceptors (Lipinski definition) is 5. The lowest BCUT2D eigenvalue weighted by molar-refractivity contribution is 0.102. The first-order chi connectivity index (χ1) is 22.1. The molecule has 0 spiro atoms. The third kappa shape index (κ3) is 14.0. The molecule has 2 aliphatic rings. The van der Waals surface area contributed by atoms with Crippen LogP contribution in [-0.4, -0.2) is 57.8 Å². The van der Waals surface area contributed by atoms with Gasteiger partial charge in [-0.2, -0.15) is 4.99 Å². The van der Waals surface area contributed by atoms with Crippen LogP contribution in [0.5, 0.6) is 5.75 Å². The lowest BCUT2D eigenvalue weighted by Crippen LogP contribution is -2.34. The molecule has 1 unspecified atom stereocenters. The van der Waals surface area contributed by atoms with Gasteiger partial charge in [0, 0.05) is 23.0 Å². The van der Waals surface area contributed by atoms with E-state index < -0.39 is 0 Å². The number of ketones is 1. The first-order valence-electron chi connectivity index (χ1n) is 17.1. The number of hydrogen-bond donors (Lipinski definition) is 2. The van der Waals surface area contributed by atoms with Gasteiger partial charge in [0.1, 0.15) is 12.4 Å². The van der Waals surface area contributed by atoms with Gasteiger partial charge in [-0.1, -0.05) is 86.3 Å². The lowest BCUT2D eigenvalue weighted by atomic mass is 9.80. The molecular weight excluding hydrogens is 676 g/mol. The molecular formula is C37H57BrN4O2S2. The van der Waals surface area contributed by atoms with Crippen molar-refractivity contribution in [3.05, 3.63) is 59.2 Å². The first kappa shape index (κ1) is 40.2. The highest BCUT2D eigenvalue weighted by Gasteiger charge is 2.29. The number of benzene rings is 2. The second-order valence-electron chi connectivity index (χ2n) is 12.2. The molecule has 1 atom stereocenters. The monoisotopic (exact) mass is 732 g/mol. The molecule has 0 radical (unpaired) electrons. The number of alkyl halides is 1. The molecule has 1 heterocycles. The number of nitrogens with zero attached hydrogens (tertiary/aromatic N) is 2. The molecule has 1 aliphatic heterocycles. The van der Waals surface area contributed by atoms with E-state index in [1.165, 1.54) is 82.0 Å². The van der Waals surface area contributed by atoms with E-state index in [1.54, 1.807) is 11.8 Å². The Hall–Kier alpha value is -1.94. The standard InChI is InChI=1S/C25H40N4OS2.C10H11BrO.C2H6/c1-3-25(14-6-4-5-7-15-25)19-32-23(26)28-24(31)27-21-10-12-22(13-11-21)30-18-20(2)29-16-8-9-17-29;1-7-3-4-9(5-8(7)2)10(12)6-11;1-2/h10-13,20H,3-9,14-19H2,1-2H3,(H3,26,27,28,31);3-5H,6H2,1-2H3;1-2H3. The van der Waals surface area contributed by atoms with Crippen LogP contribution >= 0.6 is 39.9 Å². The fourth-order valence-corrected chi connectivity index (χ4v) is 7.42. The van der Waals surface area contributed by atoms with Crippen molar-refractivity contribution in [2.24, 2.45) is 16.1 Å². The summed E-state index contributed by atoms with van der Waals surface area (Å²) in [7, 11) is 0. The van der Waals surface area contributed by atoms with Gasteiger partial charge in [0.15, 0.2) is 16.1 Å². The number of anilines is 1. The van der Waals surface area contributed by atoms with Gasteiger partial charge in [0.25, 0.3) is 0 Å². The maximum absolute atomic E-state index is 11.2. The van der Waals surface area contributed by atoms with Crippen molar-refractivity contribution >= 4 is 61.7 Å². The fourth-order valence-electron chi connectivity index (χ4n) is 5.72. The Labute approximate surface area is 297 Å². The molecule has 256 valence electrons. The SMILES string of the molecule is CC.CCC1(CS/C(N)=N/C(=S)Nc2ccc(OCC(C)N3CCCC3)cc2)CCCCCC1.Cc1ccc(C(=O)CBr)cc1C. The van der Waals surface area contributed by atoms with Gasteiger partial charge in [0.05, 0.1) is 5.33 Å². The van der Waals surface area contributed by atoms with Crippen LogP contribution in [0, 0.1) is 19.3 Å². The number of likely N-dealkylation sites (tertiary alicyclic amines) is 1. The van der Waals surface area contributed by atoms with E-state index in [2.05, 4.69) is 45.0 Å². The number of rotatable bonds is 10. The molecule has 6 nitrogen and oxygen atoms in total. The van der Waals surface area contributed by atoms with Gasteiger partial charge in [-0.25, -0.2) is 0 Å². The normalized spacial score (nSPS) is 17.0. The van der Waals surface area contributed by atoms with E-state index >= 15 is 0 Å². The summed E-state index contributed by atoms with van der Waals surface area (Å²) < 4.78 is 5.97. The molecule has 2 aromatic rings. The number of thioether (sulfide) groups is 1. The van der Waals surface area contributed by atoms with Crippen LogP contribution in [0.25, 0.3) is 0 Å². The van der Waals surface area contributed by atoms with Crippen LogP contribution < -0.4 is 15.8 Å². The number of nitrogens with two attached hydrogens (primary N) is 1. The van der Waals surface area contributed by atoms with Crippen molar-refractivity contribution < 1.29 is 9.53 Å². The Morgan fingerprint density at radius 3 is 2.24 bits per heavy atom. The Morgan fingerprint density at radius 2 is 1.67 bits per heavy atom. The summed E-state index contributed by atoms with van der Waals surface area (Å²) in [5, 5.41) is 4.52. The summed E-state index contributed by atoms with van der Waals surface area (Å²) in [5.74, 6) is 2.04. The van der Waals surface area contributed by atoms with E-state index in [0.717, 1.165) is 22.8 Å². The molecule has 46 heavy (non-hydrogen) atoms. The van der Waals surface area contributed by atoms with Crippen LogP contribution in [0.1, 0.15) is 107 Å². The van der Waals surface area contributed by atoms with Crippen molar-refractivity contribution in [1.82, 2.24) is 4.90 Å². The molecule has 1 aliphatic carbocycles. The van der Waals surface area contributed by atoms with Gasteiger partial charge in [-0.05, 0) is 125 Å². The maximum Gasteiger partial charge on any atom is 0.199 e. The second kappa shape index (κ2) is 21.8. The molecule has 1 saturated carbocycles. The number of nitrogens with one attached hydrogen (secondary N) is 1. The number of aliphatic imine (C=N–C) groups is 1. The molecule has 4 rings (SSSR count). The van der Waals surface area contributed by atoms with E-state index in [0.29, 0.717) is 33.7 Å². The van der Waals surface area contributed by atoms with Gasteiger partial charge < -0.3 is 15.8 Å². The summed E-state index contributed by atoms with van der Waals surface area (Å²) >= 11 is 10.2. The average molecular weight is 734 g/mol.